The first-order valence-corrected chi connectivity index (χ1v) is 18.6. The van der Waals surface area contributed by atoms with Crippen LogP contribution in [0.25, 0.3) is 0 Å². The number of nitrogens with two attached hydrogens (primary N) is 2. The molecule has 14 N–H and O–H groups in total. The molecule has 4 atom stereocenters. The molecule has 0 radical (unpaired) electrons. The van der Waals surface area contributed by atoms with E-state index in [9.17, 15) is 38.4 Å². The molecule has 0 heterocycles. The molecule has 22 nitrogen and oxygen atoms in total. The predicted molar refractivity (Wildman–Crippen MR) is 202 cm³/mol. The van der Waals surface area contributed by atoms with E-state index >= 15 is 0 Å². The first-order valence-electron chi connectivity index (χ1n) is 18.6. The van der Waals surface area contributed by atoms with Crippen LogP contribution in [0.5, 0.6) is 0 Å². The van der Waals surface area contributed by atoms with Crippen LogP contribution in [0.15, 0.2) is 24.7 Å². The van der Waals surface area contributed by atoms with Gasteiger partial charge in [0.25, 0.3) is 0 Å². The summed E-state index contributed by atoms with van der Waals surface area (Å²) >= 11 is 0. The van der Waals surface area contributed by atoms with Crippen molar-refractivity contribution in [3.8, 4) is 0 Å². The molecule has 2 unspecified atom stereocenters. The summed E-state index contributed by atoms with van der Waals surface area (Å²) in [4.78, 5) is 107. The predicted octanol–water partition coefficient (Wildman–Crippen LogP) is -0.897. The third-order valence-corrected chi connectivity index (χ3v) is 8.18. The van der Waals surface area contributed by atoms with Crippen molar-refractivity contribution in [2.45, 2.75) is 120 Å². The number of rotatable bonds is 34. The Hall–Kier alpha value is -5.32. The highest BCUT2D eigenvalue weighted by Crippen LogP contribution is 2.08. The highest BCUT2D eigenvalue weighted by atomic mass is 17.1. The second-order valence-electron chi connectivity index (χ2n) is 13.1. The van der Waals surface area contributed by atoms with Crippen LogP contribution in [0.1, 0.15) is 96.3 Å². The lowest BCUT2D eigenvalue weighted by molar-refractivity contribution is -0.205. The Morgan fingerprint density at radius 2 is 0.842 bits per heavy atom. The summed E-state index contributed by atoms with van der Waals surface area (Å²) in [5.74, 6) is -7.18. The van der Waals surface area contributed by atoms with Gasteiger partial charge in [0.05, 0.1) is 12.8 Å². The number of carboxylic acid groups (broad SMARTS) is 2. The Balaban J connectivity index is 5.27. The summed E-state index contributed by atoms with van der Waals surface area (Å²) in [5, 5.41) is 50.9. The molecule has 0 aromatic rings. The number of carbonyl (C=O) groups is 8. The van der Waals surface area contributed by atoms with Crippen LogP contribution >= 0.6 is 0 Å². The monoisotopic (exact) mass is 816 g/mol. The zero-order valence-electron chi connectivity index (χ0n) is 32.2. The Kier molecular flexibility index (Phi) is 28.0. The number of hydrogen-bond donors (Lipinski definition) is 12. The Morgan fingerprint density at radius 3 is 1.16 bits per heavy atom. The fourth-order valence-electron chi connectivity index (χ4n) is 5.15. The van der Waals surface area contributed by atoms with Crippen LogP contribution in [-0.2, 0) is 48.1 Å². The summed E-state index contributed by atoms with van der Waals surface area (Å²) < 4.78 is 0. The maximum atomic E-state index is 13.1. The van der Waals surface area contributed by atoms with E-state index in [1.54, 1.807) is 0 Å². The van der Waals surface area contributed by atoms with Crippen molar-refractivity contribution in [3.63, 3.8) is 0 Å². The lowest BCUT2D eigenvalue weighted by Crippen LogP contribution is -2.54. The summed E-state index contributed by atoms with van der Waals surface area (Å²) in [5.41, 5.74) is 11.2. The molecule has 0 saturated carbocycles. The number of hydrogen-bond acceptors (Lipinski definition) is 14. The molecule has 0 rings (SSSR count). The van der Waals surface area contributed by atoms with E-state index in [-0.39, 0.29) is 50.3 Å². The van der Waals surface area contributed by atoms with E-state index < -0.39 is 97.2 Å². The van der Waals surface area contributed by atoms with Gasteiger partial charge in [-0.1, -0.05) is 13.2 Å². The van der Waals surface area contributed by atoms with Gasteiger partial charge in [-0.3, -0.25) is 38.4 Å². The Labute approximate surface area is 330 Å². The van der Waals surface area contributed by atoms with Gasteiger partial charge < -0.3 is 63.4 Å². The molecule has 0 aliphatic rings. The van der Waals surface area contributed by atoms with Crippen molar-refractivity contribution in [2.24, 2.45) is 11.5 Å². The molecule has 0 aromatic carbocycles. The van der Waals surface area contributed by atoms with Crippen LogP contribution in [0, 0.1) is 0 Å². The number of carboxylic acids is 2. The lowest BCUT2D eigenvalue weighted by Gasteiger charge is -2.23. The van der Waals surface area contributed by atoms with Crippen LogP contribution in [-0.4, -0.2) is 118 Å². The Bertz CT molecular complexity index is 1250. The van der Waals surface area contributed by atoms with Gasteiger partial charge in [-0.05, 0) is 83.7 Å². The molecule has 0 spiro atoms. The molecular weight excluding hydrogens is 756 g/mol. The first kappa shape index (κ1) is 51.7. The van der Waals surface area contributed by atoms with Gasteiger partial charge in [-0.25, -0.2) is 10.5 Å². The SMILES string of the molecule is C=C(CC(=O)NC(CCC(=O)O)C(=O)N[C@@H](CCCCN)C(=O)NCCCCCNC(=O)[C@H](CCCCN)NC(=O)C(CCC(=O)O)NC(=O)CC(=C)OO)OO. The van der Waals surface area contributed by atoms with E-state index in [1.807, 2.05) is 0 Å². The third kappa shape index (κ3) is 25.5. The van der Waals surface area contributed by atoms with Gasteiger partial charge in [0.2, 0.25) is 35.4 Å². The molecular formula is C35H60N8O14. The van der Waals surface area contributed by atoms with Gasteiger partial charge >= 0.3 is 11.9 Å². The Morgan fingerprint density at radius 1 is 0.491 bits per heavy atom. The smallest absolute Gasteiger partial charge is 0.303 e. The molecule has 22 heteroatoms. The summed E-state index contributed by atoms with van der Waals surface area (Å²) in [6.07, 6.45) is 1.54. The van der Waals surface area contributed by atoms with Crippen molar-refractivity contribution in [1.82, 2.24) is 31.9 Å². The second kappa shape index (κ2) is 30.8. The minimum Gasteiger partial charge on any atom is -0.481 e. The van der Waals surface area contributed by atoms with Crippen LogP contribution < -0.4 is 43.4 Å². The average molecular weight is 817 g/mol. The number of unbranched alkanes of at least 4 members (excludes halogenated alkanes) is 4. The van der Waals surface area contributed by atoms with Crippen LogP contribution in [0.4, 0.5) is 0 Å². The third-order valence-electron chi connectivity index (χ3n) is 8.18. The molecule has 0 aliphatic heterocycles. The zero-order chi connectivity index (χ0) is 43.2. The molecule has 0 fully saturated rings. The topological polar surface area (TPSA) is 360 Å². The average Bonchev–Trinajstić information content (AvgIpc) is 3.16. The normalized spacial score (nSPS) is 12.7. The fourth-order valence-corrected chi connectivity index (χ4v) is 5.15. The highest BCUT2D eigenvalue weighted by Gasteiger charge is 2.29. The summed E-state index contributed by atoms with van der Waals surface area (Å²) in [6, 6.07) is -4.68. The van der Waals surface area contributed by atoms with Gasteiger partial charge in [-0.2, -0.15) is 0 Å². The van der Waals surface area contributed by atoms with Crippen molar-refractivity contribution in [2.75, 3.05) is 26.2 Å². The highest BCUT2D eigenvalue weighted by molar-refractivity contribution is 5.93. The second-order valence-corrected chi connectivity index (χ2v) is 13.1. The molecule has 57 heavy (non-hydrogen) atoms. The molecule has 324 valence electrons. The first-order chi connectivity index (χ1) is 27.1. The summed E-state index contributed by atoms with van der Waals surface area (Å²) in [6.45, 7) is 7.72. The molecule has 0 aliphatic carbocycles. The zero-order valence-corrected chi connectivity index (χ0v) is 32.2. The van der Waals surface area contributed by atoms with Crippen molar-refractivity contribution in [1.29, 1.82) is 0 Å². The molecule has 0 aromatic heterocycles. The standard InChI is InChI=1S/C35H60N8O14/c1-22(56-54)20-28(44)40-26(12-14-30(46)47)34(52)42-24(10-4-6-16-36)32(50)38-18-8-3-9-19-39-33(51)25(11-5-7-17-37)43-35(53)27(13-15-31(48)49)41-29(45)21-23(2)57-55/h24-27,54-55H,1-21,36-37H2,(H,38,50)(H,39,51)(H,40,44)(H,41,45)(H,42,52)(H,43,53)(H,46,47)(H,48,49)/t24-,25-,26?,27?/m0/s1. The van der Waals surface area contributed by atoms with Gasteiger partial charge in [-0.15, -0.1) is 0 Å². The van der Waals surface area contributed by atoms with E-state index in [2.05, 4.69) is 54.8 Å². The van der Waals surface area contributed by atoms with Gasteiger partial charge in [0, 0.05) is 25.9 Å². The van der Waals surface area contributed by atoms with Crippen molar-refractivity contribution >= 4 is 47.4 Å². The van der Waals surface area contributed by atoms with Crippen LogP contribution in [0.2, 0.25) is 0 Å². The quantitative estimate of drug-likeness (QED) is 0.0162. The minimum absolute atomic E-state index is 0.206. The number of aliphatic carboxylic acids is 2. The number of nitrogens with one attached hydrogen (secondary N) is 6. The van der Waals surface area contributed by atoms with Gasteiger partial charge in [0.1, 0.15) is 35.7 Å². The van der Waals surface area contributed by atoms with Crippen LogP contribution in [0.3, 0.4) is 0 Å². The minimum atomic E-state index is -1.31. The maximum absolute atomic E-state index is 13.1. The molecule has 0 saturated heterocycles. The molecule has 6 amide bonds. The number of carbonyl (C=O) groups excluding carboxylic acids is 6. The fraction of sp³-hybridized carbons (Fsp3) is 0.657. The lowest BCUT2D eigenvalue weighted by atomic mass is 10.1. The number of amides is 6. The summed E-state index contributed by atoms with van der Waals surface area (Å²) in [7, 11) is 0. The van der Waals surface area contributed by atoms with E-state index in [4.69, 9.17) is 32.2 Å². The molecule has 0 bridgehead atoms. The van der Waals surface area contributed by atoms with Crippen molar-refractivity contribution < 1.29 is 68.9 Å². The van der Waals surface area contributed by atoms with Gasteiger partial charge in [0.15, 0.2) is 0 Å². The maximum Gasteiger partial charge on any atom is 0.303 e. The largest absolute Gasteiger partial charge is 0.481 e. The van der Waals surface area contributed by atoms with Crippen molar-refractivity contribution in [3.05, 3.63) is 24.7 Å². The van der Waals surface area contributed by atoms with E-state index in [0.29, 0.717) is 58.0 Å². The van der Waals surface area contributed by atoms with E-state index in [0.717, 1.165) is 0 Å². The van der Waals surface area contributed by atoms with E-state index in [1.165, 1.54) is 0 Å².